The van der Waals surface area contributed by atoms with E-state index in [1.165, 1.54) is 16.4 Å². The van der Waals surface area contributed by atoms with Gasteiger partial charge in [0.2, 0.25) is 5.16 Å². The Morgan fingerprint density at radius 2 is 2.35 bits per heavy atom. The molecule has 0 saturated carbocycles. The number of carbonyl (C=O) groups excluding carboxylic acids is 1. The summed E-state index contributed by atoms with van der Waals surface area (Å²) in [6.07, 6.45) is 0. The first-order valence-corrected chi connectivity index (χ1v) is 8.94. The van der Waals surface area contributed by atoms with Gasteiger partial charge in [-0.1, -0.05) is 35.3 Å². The molecule has 0 radical (unpaired) electrons. The number of esters is 1. The van der Waals surface area contributed by atoms with Crippen molar-refractivity contribution >= 4 is 45.6 Å². The Hall–Kier alpha value is -0.870. The SMILES string of the molecule is CCOC(=O)CSc1nnc(CSC2=NCCS2)n1N. The van der Waals surface area contributed by atoms with Crippen LogP contribution in [0.2, 0.25) is 0 Å². The average Bonchev–Trinajstić information content (AvgIpc) is 3.05. The second-order valence-electron chi connectivity index (χ2n) is 3.65. The molecule has 2 rings (SSSR count). The molecule has 7 nitrogen and oxygen atoms in total. The summed E-state index contributed by atoms with van der Waals surface area (Å²) in [6, 6.07) is 0. The number of hydrogen-bond acceptors (Lipinski definition) is 9. The number of nitrogens with two attached hydrogens (primary N) is 1. The van der Waals surface area contributed by atoms with E-state index in [-0.39, 0.29) is 11.7 Å². The van der Waals surface area contributed by atoms with Gasteiger partial charge in [-0.2, -0.15) is 0 Å². The number of aromatic nitrogens is 3. The van der Waals surface area contributed by atoms with Crippen LogP contribution in [-0.4, -0.2) is 49.9 Å². The summed E-state index contributed by atoms with van der Waals surface area (Å²) in [5, 5.41) is 8.52. The van der Waals surface area contributed by atoms with E-state index >= 15 is 0 Å². The molecule has 1 aromatic rings. The lowest BCUT2D eigenvalue weighted by molar-refractivity contribution is -0.139. The van der Waals surface area contributed by atoms with Gasteiger partial charge >= 0.3 is 5.97 Å². The summed E-state index contributed by atoms with van der Waals surface area (Å²) in [5.74, 6) is 8.13. The van der Waals surface area contributed by atoms with Crippen molar-refractivity contribution in [3.8, 4) is 0 Å². The predicted octanol–water partition coefficient (Wildman–Crippen LogP) is 0.983. The molecule has 0 spiro atoms. The Morgan fingerprint density at radius 3 is 3.05 bits per heavy atom. The van der Waals surface area contributed by atoms with Crippen molar-refractivity contribution in [3.63, 3.8) is 0 Å². The molecule has 2 heterocycles. The Kier molecular flexibility index (Phi) is 6.05. The zero-order valence-corrected chi connectivity index (χ0v) is 13.4. The highest BCUT2D eigenvalue weighted by Gasteiger charge is 2.15. The lowest BCUT2D eigenvalue weighted by Crippen LogP contribution is -2.15. The summed E-state index contributed by atoms with van der Waals surface area (Å²) in [7, 11) is 0. The Bertz CT molecular complexity index is 505. The highest BCUT2D eigenvalue weighted by Crippen LogP contribution is 2.25. The third kappa shape index (κ3) is 4.32. The summed E-state index contributed by atoms with van der Waals surface area (Å²) >= 11 is 4.57. The number of carbonyl (C=O) groups is 1. The Balaban J connectivity index is 1.84. The number of ether oxygens (including phenoxy) is 1. The van der Waals surface area contributed by atoms with Crippen LogP contribution in [0.1, 0.15) is 12.7 Å². The van der Waals surface area contributed by atoms with Crippen LogP contribution >= 0.6 is 35.3 Å². The minimum absolute atomic E-state index is 0.179. The van der Waals surface area contributed by atoms with E-state index in [1.807, 2.05) is 0 Å². The molecule has 1 aromatic heterocycles. The van der Waals surface area contributed by atoms with E-state index in [0.717, 1.165) is 16.7 Å². The fourth-order valence-electron chi connectivity index (χ4n) is 1.36. The first-order valence-electron chi connectivity index (χ1n) is 5.98. The molecular weight excluding hydrogens is 318 g/mol. The average molecular weight is 333 g/mol. The molecule has 0 unspecified atom stereocenters. The van der Waals surface area contributed by atoms with Gasteiger partial charge in [0.15, 0.2) is 5.82 Å². The molecule has 10 heteroatoms. The molecule has 2 N–H and O–H groups in total. The molecule has 0 fully saturated rings. The van der Waals surface area contributed by atoms with E-state index < -0.39 is 0 Å². The van der Waals surface area contributed by atoms with E-state index in [2.05, 4.69) is 15.2 Å². The molecule has 1 aliphatic rings. The van der Waals surface area contributed by atoms with Crippen LogP contribution in [0.5, 0.6) is 0 Å². The summed E-state index contributed by atoms with van der Waals surface area (Å²) in [5.41, 5.74) is 0. The van der Waals surface area contributed by atoms with Gasteiger partial charge in [-0.3, -0.25) is 9.79 Å². The lowest BCUT2D eigenvalue weighted by atomic mass is 10.7. The van der Waals surface area contributed by atoms with Gasteiger partial charge in [0.25, 0.3) is 0 Å². The van der Waals surface area contributed by atoms with E-state index in [0.29, 0.717) is 23.3 Å². The fraction of sp³-hybridized carbons (Fsp3) is 0.600. The molecule has 0 atom stereocenters. The Morgan fingerprint density at radius 1 is 1.50 bits per heavy atom. The first kappa shape index (κ1) is 15.5. The normalized spacial score (nSPS) is 14.3. The minimum Gasteiger partial charge on any atom is -0.465 e. The molecule has 0 bridgehead atoms. The van der Waals surface area contributed by atoms with Gasteiger partial charge < -0.3 is 10.6 Å². The van der Waals surface area contributed by atoms with Crippen molar-refractivity contribution in [2.75, 3.05) is 30.5 Å². The van der Waals surface area contributed by atoms with Gasteiger partial charge in [-0.15, -0.1) is 10.2 Å². The molecule has 0 aromatic carbocycles. The molecule has 1 aliphatic heterocycles. The van der Waals surface area contributed by atoms with E-state index in [9.17, 15) is 4.79 Å². The Labute approximate surface area is 129 Å². The third-order valence-electron chi connectivity index (χ3n) is 2.24. The minimum atomic E-state index is -0.284. The maximum atomic E-state index is 11.3. The number of nitrogens with zero attached hydrogens (tertiary/aromatic N) is 4. The number of nitrogen functional groups attached to an aromatic ring is 1. The van der Waals surface area contributed by atoms with Gasteiger partial charge in [-0.25, -0.2) is 4.68 Å². The zero-order valence-electron chi connectivity index (χ0n) is 10.9. The van der Waals surface area contributed by atoms with Crippen molar-refractivity contribution in [3.05, 3.63) is 5.82 Å². The molecule has 0 saturated heterocycles. The van der Waals surface area contributed by atoms with Crippen molar-refractivity contribution in [2.45, 2.75) is 17.8 Å². The molecule has 0 aliphatic carbocycles. The van der Waals surface area contributed by atoms with Gasteiger partial charge in [0, 0.05) is 5.75 Å². The smallest absolute Gasteiger partial charge is 0.316 e. The van der Waals surface area contributed by atoms with Crippen LogP contribution in [0.4, 0.5) is 0 Å². The number of aliphatic imine (C=N–C) groups is 1. The monoisotopic (exact) mass is 333 g/mol. The van der Waals surface area contributed by atoms with Crippen molar-refractivity contribution < 1.29 is 9.53 Å². The van der Waals surface area contributed by atoms with E-state index in [4.69, 9.17) is 10.6 Å². The van der Waals surface area contributed by atoms with Crippen molar-refractivity contribution in [2.24, 2.45) is 4.99 Å². The van der Waals surface area contributed by atoms with Crippen LogP contribution in [0.25, 0.3) is 0 Å². The largest absolute Gasteiger partial charge is 0.465 e. The van der Waals surface area contributed by atoms with Crippen molar-refractivity contribution in [1.82, 2.24) is 14.9 Å². The van der Waals surface area contributed by atoms with Crippen LogP contribution in [-0.2, 0) is 15.3 Å². The summed E-state index contributed by atoms with van der Waals surface area (Å²) in [6.45, 7) is 3.02. The predicted molar refractivity (Wildman–Crippen MR) is 83.6 cm³/mol. The second-order valence-corrected chi connectivity index (χ2v) is 6.90. The number of rotatable bonds is 6. The maximum absolute atomic E-state index is 11.3. The van der Waals surface area contributed by atoms with Crippen LogP contribution in [0.15, 0.2) is 10.1 Å². The number of thioether (sulfide) groups is 3. The lowest BCUT2D eigenvalue weighted by Gasteiger charge is -2.03. The second kappa shape index (κ2) is 7.79. The van der Waals surface area contributed by atoms with E-state index in [1.54, 1.807) is 30.4 Å². The standard InChI is InChI=1S/C10H15N5O2S3/c1-2-17-8(16)6-19-9-14-13-7(15(9)11)5-20-10-12-3-4-18-10/h2-6,11H2,1H3. The zero-order chi connectivity index (χ0) is 14.4. The molecule has 20 heavy (non-hydrogen) atoms. The van der Waals surface area contributed by atoms with Gasteiger partial charge in [-0.05, 0) is 6.92 Å². The number of hydrogen-bond donors (Lipinski definition) is 1. The molecule has 110 valence electrons. The van der Waals surface area contributed by atoms with Gasteiger partial charge in [0.1, 0.15) is 4.38 Å². The highest BCUT2D eigenvalue weighted by molar-refractivity contribution is 8.38. The fourth-order valence-corrected chi connectivity index (χ4v) is 3.96. The summed E-state index contributed by atoms with van der Waals surface area (Å²) in [4.78, 5) is 15.6. The molecular formula is C10H15N5O2S3. The van der Waals surface area contributed by atoms with Crippen LogP contribution in [0, 0.1) is 0 Å². The molecule has 0 amide bonds. The topological polar surface area (TPSA) is 95.4 Å². The van der Waals surface area contributed by atoms with Crippen LogP contribution < -0.4 is 5.84 Å². The highest BCUT2D eigenvalue weighted by atomic mass is 32.2. The van der Waals surface area contributed by atoms with Crippen LogP contribution in [0.3, 0.4) is 0 Å². The van der Waals surface area contributed by atoms with Crippen molar-refractivity contribution in [1.29, 1.82) is 0 Å². The third-order valence-corrected chi connectivity index (χ3v) is 5.41. The maximum Gasteiger partial charge on any atom is 0.316 e. The summed E-state index contributed by atoms with van der Waals surface area (Å²) < 4.78 is 7.32. The quantitative estimate of drug-likeness (QED) is 0.468. The first-order chi connectivity index (χ1) is 9.70. The van der Waals surface area contributed by atoms with Gasteiger partial charge in [0.05, 0.1) is 24.7 Å².